The zero-order valence-electron chi connectivity index (χ0n) is 15.3. The largest absolute Gasteiger partial charge is 0.378 e. The van der Waals surface area contributed by atoms with Crippen LogP contribution in [0.3, 0.4) is 0 Å². The summed E-state index contributed by atoms with van der Waals surface area (Å²) in [5.74, 6) is -0.0768. The van der Waals surface area contributed by atoms with Gasteiger partial charge in [-0.15, -0.1) is 12.4 Å². The molecule has 1 fully saturated rings. The van der Waals surface area contributed by atoms with Gasteiger partial charge in [-0.3, -0.25) is 4.79 Å². The predicted octanol–water partition coefficient (Wildman–Crippen LogP) is 1.92. The number of ether oxygens (including phenoxy) is 1. The van der Waals surface area contributed by atoms with E-state index in [0.717, 1.165) is 24.8 Å². The quantitative estimate of drug-likeness (QED) is 0.561. The first-order valence-electron chi connectivity index (χ1n) is 8.94. The molecule has 0 aromatic heterocycles. The van der Waals surface area contributed by atoms with Gasteiger partial charge in [0, 0.05) is 31.3 Å². The Morgan fingerprint density at radius 3 is 2.48 bits per heavy atom. The number of likely N-dealkylation sites (tertiary alicyclic amines) is 1. The number of piperidine rings is 1. The van der Waals surface area contributed by atoms with Gasteiger partial charge in [0.25, 0.3) is 0 Å². The molecule has 0 bridgehead atoms. The van der Waals surface area contributed by atoms with Crippen LogP contribution in [0, 0.1) is 0 Å². The fourth-order valence-electron chi connectivity index (χ4n) is 2.72. The van der Waals surface area contributed by atoms with Crippen molar-refractivity contribution in [2.24, 2.45) is 5.73 Å². The summed E-state index contributed by atoms with van der Waals surface area (Å²) in [4.78, 5) is 25.8. The third-order valence-corrected chi connectivity index (χ3v) is 4.52. The lowest BCUT2D eigenvalue weighted by atomic mass is 10.1. The van der Waals surface area contributed by atoms with Gasteiger partial charge in [-0.25, -0.2) is 4.79 Å². The topological polar surface area (TPSA) is 96.7 Å². The maximum atomic E-state index is 12.2. The molecule has 9 heteroatoms. The minimum Gasteiger partial charge on any atom is -0.378 e. The van der Waals surface area contributed by atoms with Crippen molar-refractivity contribution in [2.75, 3.05) is 32.8 Å². The molecule has 7 nitrogen and oxygen atoms in total. The van der Waals surface area contributed by atoms with Gasteiger partial charge in [-0.2, -0.15) is 0 Å². The van der Waals surface area contributed by atoms with Crippen LogP contribution in [0.25, 0.3) is 0 Å². The minimum absolute atomic E-state index is 0. The highest BCUT2D eigenvalue weighted by Crippen LogP contribution is 2.14. The average molecular weight is 419 g/mol. The fourth-order valence-corrected chi connectivity index (χ4v) is 2.85. The molecular weight excluding hydrogens is 391 g/mol. The van der Waals surface area contributed by atoms with E-state index in [4.69, 9.17) is 22.1 Å². The highest BCUT2D eigenvalue weighted by molar-refractivity contribution is 6.30. The van der Waals surface area contributed by atoms with Crippen molar-refractivity contribution in [3.8, 4) is 0 Å². The molecule has 1 aliphatic rings. The lowest BCUT2D eigenvalue weighted by molar-refractivity contribution is -0.132. The summed E-state index contributed by atoms with van der Waals surface area (Å²) in [5.41, 5.74) is 6.38. The van der Waals surface area contributed by atoms with Gasteiger partial charge < -0.3 is 26.0 Å². The molecule has 0 saturated carbocycles. The molecule has 0 atom stereocenters. The number of hydrogen-bond donors (Lipinski definition) is 3. The summed E-state index contributed by atoms with van der Waals surface area (Å²) in [7, 11) is 0. The summed E-state index contributed by atoms with van der Waals surface area (Å²) < 4.78 is 5.72. The highest BCUT2D eigenvalue weighted by atomic mass is 35.5. The number of benzene rings is 1. The van der Waals surface area contributed by atoms with E-state index in [1.165, 1.54) is 0 Å². The Balaban J connectivity index is 0.00000364. The molecule has 1 aromatic carbocycles. The molecule has 27 heavy (non-hydrogen) atoms. The van der Waals surface area contributed by atoms with E-state index in [2.05, 4.69) is 10.6 Å². The number of amides is 3. The SMILES string of the molecule is Cl.NCCCOC1CCN(C(=O)CNC(=O)NCc2ccc(Cl)cc2)CC1. The zero-order chi connectivity index (χ0) is 18.8. The second kappa shape index (κ2) is 12.8. The Morgan fingerprint density at radius 1 is 1.19 bits per heavy atom. The molecule has 3 amide bonds. The van der Waals surface area contributed by atoms with Crippen molar-refractivity contribution < 1.29 is 14.3 Å². The van der Waals surface area contributed by atoms with E-state index in [1.807, 2.05) is 12.1 Å². The van der Waals surface area contributed by atoms with Crippen LogP contribution in [0.4, 0.5) is 4.79 Å². The van der Waals surface area contributed by atoms with E-state index in [9.17, 15) is 9.59 Å². The van der Waals surface area contributed by atoms with Gasteiger partial charge in [0.15, 0.2) is 0 Å². The third-order valence-electron chi connectivity index (χ3n) is 4.26. The van der Waals surface area contributed by atoms with Crippen LogP contribution in [0.15, 0.2) is 24.3 Å². The number of hydrogen-bond acceptors (Lipinski definition) is 4. The van der Waals surface area contributed by atoms with E-state index in [-0.39, 0.29) is 37.0 Å². The smallest absolute Gasteiger partial charge is 0.315 e. The first kappa shape index (κ1) is 23.5. The van der Waals surface area contributed by atoms with Crippen molar-refractivity contribution in [1.29, 1.82) is 0 Å². The van der Waals surface area contributed by atoms with Crippen molar-refractivity contribution in [2.45, 2.75) is 31.9 Å². The van der Waals surface area contributed by atoms with E-state index >= 15 is 0 Å². The summed E-state index contributed by atoms with van der Waals surface area (Å²) >= 11 is 5.82. The molecule has 0 unspecified atom stereocenters. The average Bonchev–Trinajstić information content (AvgIpc) is 2.66. The molecule has 2 rings (SSSR count). The molecule has 1 heterocycles. The zero-order valence-corrected chi connectivity index (χ0v) is 16.9. The summed E-state index contributed by atoms with van der Waals surface area (Å²) in [6, 6.07) is 6.85. The molecule has 1 aliphatic heterocycles. The van der Waals surface area contributed by atoms with Crippen LogP contribution in [-0.2, 0) is 16.1 Å². The molecule has 1 aromatic rings. The molecular formula is C18H28Cl2N4O3. The molecule has 0 radical (unpaired) electrons. The number of carbonyl (C=O) groups is 2. The van der Waals surface area contributed by atoms with Gasteiger partial charge in [0.05, 0.1) is 12.6 Å². The number of nitrogens with zero attached hydrogens (tertiary/aromatic N) is 1. The molecule has 152 valence electrons. The second-order valence-corrected chi connectivity index (χ2v) is 6.69. The number of carbonyl (C=O) groups excluding carboxylic acids is 2. The first-order chi connectivity index (χ1) is 12.6. The Labute approximate surface area is 171 Å². The van der Waals surface area contributed by atoms with Crippen LogP contribution in [0.1, 0.15) is 24.8 Å². The van der Waals surface area contributed by atoms with E-state index in [1.54, 1.807) is 17.0 Å². The van der Waals surface area contributed by atoms with E-state index in [0.29, 0.717) is 37.8 Å². The van der Waals surface area contributed by atoms with Gasteiger partial charge in [-0.1, -0.05) is 23.7 Å². The van der Waals surface area contributed by atoms with Crippen molar-refractivity contribution >= 4 is 35.9 Å². The van der Waals surface area contributed by atoms with Gasteiger partial charge >= 0.3 is 6.03 Å². The third kappa shape index (κ3) is 8.79. The lowest BCUT2D eigenvalue weighted by Gasteiger charge is -2.32. The predicted molar refractivity (Wildman–Crippen MR) is 108 cm³/mol. The summed E-state index contributed by atoms with van der Waals surface area (Å²) in [6.07, 6.45) is 2.69. The molecule has 0 aliphatic carbocycles. The molecule has 0 spiro atoms. The number of nitrogens with two attached hydrogens (primary N) is 1. The van der Waals surface area contributed by atoms with Crippen molar-refractivity contribution in [3.05, 3.63) is 34.9 Å². The monoisotopic (exact) mass is 418 g/mol. The first-order valence-corrected chi connectivity index (χ1v) is 9.32. The standard InChI is InChI=1S/C18H27ClN4O3.ClH/c19-15-4-2-14(3-5-15)12-21-18(25)22-13-17(24)23-9-6-16(7-10-23)26-11-1-8-20;/h2-5,16H,1,6-13,20H2,(H2,21,22,25);1H. The summed E-state index contributed by atoms with van der Waals surface area (Å²) in [6.45, 7) is 2.97. The Kier molecular flexibility index (Phi) is 11.1. The lowest BCUT2D eigenvalue weighted by Crippen LogP contribution is -2.47. The maximum Gasteiger partial charge on any atom is 0.315 e. The van der Waals surface area contributed by atoms with Crippen LogP contribution >= 0.6 is 24.0 Å². The van der Waals surface area contributed by atoms with Crippen LogP contribution in [0.5, 0.6) is 0 Å². The van der Waals surface area contributed by atoms with Crippen LogP contribution < -0.4 is 16.4 Å². The molecule has 1 saturated heterocycles. The number of rotatable bonds is 8. The number of urea groups is 1. The van der Waals surface area contributed by atoms with Gasteiger partial charge in [0.2, 0.25) is 5.91 Å². The molecule has 4 N–H and O–H groups in total. The van der Waals surface area contributed by atoms with Gasteiger partial charge in [-0.05, 0) is 43.5 Å². The van der Waals surface area contributed by atoms with Crippen molar-refractivity contribution in [3.63, 3.8) is 0 Å². The fraction of sp³-hybridized carbons (Fsp3) is 0.556. The minimum atomic E-state index is -0.367. The Hall–Kier alpha value is -1.54. The number of nitrogens with one attached hydrogen (secondary N) is 2. The number of halogens is 2. The highest BCUT2D eigenvalue weighted by Gasteiger charge is 2.23. The van der Waals surface area contributed by atoms with Gasteiger partial charge in [0.1, 0.15) is 0 Å². The van der Waals surface area contributed by atoms with Crippen LogP contribution in [-0.4, -0.2) is 55.7 Å². The Morgan fingerprint density at radius 2 is 1.85 bits per heavy atom. The van der Waals surface area contributed by atoms with Crippen molar-refractivity contribution in [1.82, 2.24) is 15.5 Å². The maximum absolute atomic E-state index is 12.2. The van der Waals surface area contributed by atoms with Crippen LogP contribution in [0.2, 0.25) is 5.02 Å². The van der Waals surface area contributed by atoms with E-state index < -0.39 is 0 Å². The normalized spacial score (nSPS) is 14.4. The summed E-state index contributed by atoms with van der Waals surface area (Å²) in [5, 5.41) is 5.97. The second-order valence-electron chi connectivity index (χ2n) is 6.26. The Bertz CT molecular complexity index is 578.